The van der Waals surface area contributed by atoms with Gasteiger partial charge in [-0.05, 0) is 66.3 Å². The predicted molar refractivity (Wildman–Crippen MR) is 125 cm³/mol. The van der Waals surface area contributed by atoms with Crippen LogP contribution in [0.15, 0.2) is 84.9 Å². The van der Waals surface area contributed by atoms with Gasteiger partial charge in [0, 0.05) is 0 Å². The Morgan fingerprint density at radius 1 is 0.533 bits per heavy atom. The summed E-state index contributed by atoms with van der Waals surface area (Å²) in [6, 6.07) is 31.4. The van der Waals surface area contributed by atoms with E-state index >= 15 is 0 Å². The van der Waals surface area contributed by atoms with Crippen LogP contribution in [0, 0.1) is 20.8 Å². The molecule has 1 aliphatic carbocycles. The van der Waals surface area contributed by atoms with E-state index in [-0.39, 0.29) is 5.41 Å². The van der Waals surface area contributed by atoms with Crippen LogP contribution in [0.1, 0.15) is 38.9 Å². The van der Waals surface area contributed by atoms with Gasteiger partial charge >= 0.3 is 0 Å². The number of hydrogen-bond donors (Lipinski definition) is 0. The number of rotatable bonds is 3. The average Bonchev–Trinajstić information content (AvgIpc) is 3.04. The molecule has 0 aliphatic heterocycles. The van der Waals surface area contributed by atoms with Gasteiger partial charge in [-0.1, -0.05) is 89.5 Å². The normalized spacial score (nSPS) is 13.6. The monoisotopic (exact) mass is 390 g/mol. The standard InChI is InChI=1S/C29H26O/c1-19-5-9-22(10-6-19)29(23-11-13-24(30-4)14-12-23)27-15-7-20(2)17-25(27)26-18-21(3)8-16-28(26)29/h5-18H,1-4H3. The van der Waals surface area contributed by atoms with E-state index in [0.717, 1.165) is 5.75 Å². The van der Waals surface area contributed by atoms with Crippen molar-refractivity contribution in [1.82, 2.24) is 0 Å². The van der Waals surface area contributed by atoms with E-state index < -0.39 is 0 Å². The third kappa shape index (κ3) is 2.62. The second-order valence-electron chi connectivity index (χ2n) is 8.44. The number of aryl methyl sites for hydroxylation is 3. The maximum atomic E-state index is 5.46. The Hall–Kier alpha value is -3.32. The lowest BCUT2D eigenvalue weighted by atomic mass is 9.67. The highest BCUT2D eigenvalue weighted by Crippen LogP contribution is 2.56. The zero-order valence-electron chi connectivity index (χ0n) is 18.0. The average molecular weight is 391 g/mol. The van der Waals surface area contributed by atoms with E-state index in [2.05, 4.69) is 106 Å². The summed E-state index contributed by atoms with van der Waals surface area (Å²) in [7, 11) is 1.72. The van der Waals surface area contributed by atoms with Crippen molar-refractivity contribution in [2.75, 3.05) is 7.11 Å². The van der Waals surface area contributed by atoms with Gasteiger partial charge in [-0.25, -0.2) is 0 Å². The number of benzene rings is 4. The first kappa shape index (κ1) is 18.7. The van der Waals surface area contributed by atoms with Gasteiger partial charge in [0.1, 0.15) is 5.75 Å². The first-order valence-corrected chi connectivity index (χ1v) is 10.5. The Bertz CT molecular complexity index is 1180. The van der Waals surface area contributed by atoms with Crippen LogP contribution in [0.2, 0.25) is 0 Å². The molecule has 0 heterocycles. The Kier molecular flexibility index (Phi) is 4.29. The first-order valence-electron chi connectivity index (χ1n) is 10.5. The summed E-state index contributed by atoms with van der Waals surface area (Å²) in [5.74, 6) is 0.879. The van der Waals surface area contributed by atoms with E-state index in [0.29, 0.717) is 0 Å². The molecule has 0 saturated heterocycles. The molecule has 5 rings (SSSR count). The van der Waals surface area contributed by atoms with Crippen molar-refractivity contribution in [2.24, 2.45) is 0 Å². The second kappa shape index (κ2) is 6.88. The fourth-order valence-electron chi connectivity index (χ4n) is 4.99. The van der Waals surface area contributed by atoms with Gasteiger partial charge < -0.3 is 4.74 Å². The van der Waals surface area contributed by atoms with Gasteiger partial charge in [0.25, 0.3) is 0 Å². The summed E-state index contributed by atoms with van der Waals surface area (Å²) in [5, 5.41) is 0. The predicted octanol–water partition coefficient (Wildman–Crippen LogP) is 6.98. The van der Waals surface area contributed by atoms with E-state index in [1.165, 1.54) is 50.1 Å². The lowest BCUT2D eigenvalue weighted by molar-refractivity contribution is 0.414. The van der Waals surface area contributed by atoms with Gasteiger partial charge in [0.2, 0.25) is 0 Å². The summed E-state index contributed by atoms with van der Waals surface area (Å²) >= 11 is 0. The molecule has 1 aliphatic rings. The van der Waals surface area contributed by atoms with Crippen LogP contribution < -0.4 is 4.74 Å². The Labute approximate surface area is 179 Å². The molecule has 0 radical (unpaired) electrons. The van der Waals surface area contributed by atoms with Gasteiger partial charge in [0.05, 0.1) is 12.5 Å². The minimum Gasteiger partial charge on any atom is -0.497 e. The van der Waals surface area contributed by atoms with Crippen molar-refractivity contribution < 1.29 is 4.74 Å². The molecule has 4 aromatic rings. The van der Waals surface area contributed by atoms with Gasteiger partial charge in [-0.2, -0.15) is 0 Å². The maximum Gasteiger partial charge on any atom is 0.118 e. The zero-order chi connectivity index (χ0) is 20.9. The van der Waals surface area contributed by atoms with Crippen molar-refractivity contribution in [3.63, 3.8) is 0 Å². The molecule has 0 aromatic heterocycles. The Morgan fingerprint density at radius 2 is 0.967 bits per heavy atom. The lowest BCUT2D eigenvalue weighted by Gasteiger charge is -2.34. The highest BCUT2D eigenvalue weighted by atomic mass is 16.5. The quantitative estimate of drug-likeness (QED) is 0.323. The van der Waals surface area contributed by atoms with Crippen molar-refractivity contribution in [3.8, 4) is 16.9 Å². The SMILES string of the molecule is COc1ccc(C2(c3ccc(C)cc3)c3ccc(C)cc3-c3cc(C)ccc32)cc1. The summed E-state index contributed by atoms with van der Waals surface area (Å²) < 4.78 is 5.46. The van der Waals surface area contributed by atoms with E-state index in [1.807, 2.05) is 0 Å². The topological polar surface area (TPSA) is 9.23 Å². The number of methoxy groups -OCH3 is 1. The van der Waals surface area contributed by atoms with Crippen LogP contribution >= 0.6 is 0 Å². The molecule has 30 heavy (non-hydrogen) atoms. The highest BCUT2D eigenvalue weighted by molar-refractivity contribution is 5.87. The molecule has 1 heteroatoms. The third-order valence-electron chi connectivity index (χ3n) is 6.46. The molecule has 0 atom stereocenters. The lowest BCUT2D eigenvalue weighted by Crippen LogP contribution is -2.28. The Balaban J connectivity index is 1.92. The molecule has 0 N–H and O–H groups in total. The van der Waals surface area contributed by atoms with Crippen LogP contribution in [0.25, 0.3) is 11.1 Å². The fourth-order valence-corrected chi connectivity index (χ4v) is 4.99. The van der Waals surface area contributed by atoms with Gasteiger partial charge in [-0.3, -0.25) is 0 Å². The van der Waals surface area contributed by atoms with Gasteiger partial charge in [0.15, 0.2) is 0 Å². The number of ether oxygens (including phenoxy) is 1. The minimum atomic E-state index is -0.341. The molecule has 0 unspecified atom stereocenters. The molecular formula is C29H26O. The van der Waals surface area contributed by atoms with E-state index in [9.17, 15) is 0 Å². The second-order valence-corrected chi connectivity index (χ2v) is 8.44. The molecule has 0 saturated carbocycles. The van der Waals surface area contributed by atoms with Crippen molar-refractivity contribution >= 4 is 0 Å². The number of fused-ring (bicyclic) bond motifs is 3. The third-order valence-corrected chi connectivity index (χ3v) is 6.46. The van der Waals surface area contributed by atoms with Crippen molar-refractivity contribution in [3.05, 3.63) is 124 Å². The number of hydrogen-bond acceptors (Lipinski definition) is 1. The summed E-state index contributed by atoms with van der Waals surface area (Å²) in [5.41, 5.74) is 11.4. The zero-order valence-corrected chi connectivity index (χ0v) is 18.0. The molecule has 0 fully saturated rings. The van der Waals surface area contributed by atoms with E-state index in [1.54, 1.807) is 7.11 Å². The molecular weight excluding hydrogens is 364 g/mol. The Morgan fingerprint density at radius 3 is 1.43 bits per heavy atom. The van der Waals surface area contributed by atoms with Crippen LogP contribution in [0.4, 0.5) is 0 Å². The smallest absolute Gasteiger partial charge is 0.118 e. The van der Waals surface area contributed by atoms with Crippen molar-refractivity contribution in [2.45, 2.75) is 26.2 Å². The highest BCUT2D eigenvalue weighted by Gasteiger charge is 2.46. The van der Waals surface area contributed by atoms with Crippen molar-refractivity contribution in [1.29, 1.82) is 0 Å². The van der Waals surface area contributed by atoms with Crippen LogP contribution in [-0.4, -0.2) is 7.11 Å². The maximum absolute atomic E-state index is 5.46. The first-order chi connectivity index (χ1) is 14.5. The summed E-state index contributed by atoms with van der Waals surface area (Å²) in [6.45, 7) is 6.50. The van der Waals surface area contributed by atoms with Crippen LogP contribution in [0.5, 0.6) is 5.75 Å². The molecule has 4 aromatic carbocycles. The van der Waals surface area contributed by atoms with E-state index in [4.69, 9.17) is 4.74 Å². The molecule has 1 nitrogen and oxygen atoms in total. The largest absolute Gasteiger partial charge is 0.497 e. The summed E-state index contributed by atoms with van der Waals surface area (Å²) in [6.07, 6.45) is 0. The van der Waals surface area contributed by atoms with Crippen LogP contribution in [-0.2, 0) is 5.41 Å². The summed E-state index contributed by atoms with van der Waals surface area (Å²) in [4.78, 5) is 0. The molecule has 148 valence electrons. The fraction of sp³-hybridized carbons (Fsp3) is 0.172. The molecule has 0 bridgehead atoms. The van der Waals surface area contributed by atoms with Crippen LogP contribution in [0.3, 0.4) is 0 Å². The van der Waals surface area contributed by atoms with Gasteiger partial charge in [-0.15, -0.1) is 0 Å². The molecule has 0 amide bonds. The molecule has 0 spiro atoms. The minimum absolute atomic E-state index is 0.341.